The van der Waals surface area contributed by atoms with Crippen molar-refractivity contribution in [1.29, 1.82) is 5.26 Å². The van der Waals surface area contributed by atoms with Crippen molar-refractivity contribution >= 4 is 17.0 Å². The summed E-state index contributed by atoms with van der Waals surface area (Å²) in [6.07, 6.45) is -3.12. The van der Waals surface area contributed by atoms with Gasteiger partial charge in [-0.3, -0.25) is 4.79 Å². The smallest absolute Gasteiger partial charge is 0.416 e. The average Bonchev–Trinajstić information content (AvgIpc) is 2.93. The monoisotopic (exact) mass is 570 g/mol. The highest BCUT2D eigenvalue weighted by Crippen LogP contribution is 2.38. The third-order valence-electron chi connectivity index (χ3n) is 5.69. The number of nitrogens with zero attached hydrogens (tertiary/aromatic N) is 2. The van der Waals surface area contributed by atoms with Crippen LogP contribution in [0.2, 0.25) is 0 Å². The summed E-state index contributed by atoms with van der Waals surface area (Å²) in [7, 11) is 0. The number of ether oxygens (including phenoxy) is 2. The number of alkyl halides is 3. The van der Waals surface area contributed by atoms with Crippen LogP contribution in [0.5, 0.6) is 11.5 Å². The highest BCUT2D eigenvalue weighted by Gasteiger charge is 2.33. The lowest BCUT2D eigenvalue weighted by molar-refractivity contribution is -0.137. The van der Waals surface area contributed by atoms with Gasteiger partial charge in [0, 0.05) is 11.6 Å². The number of allylic oxidation sites excluding steroid dienone is 3. The van der Waals surface area contributed by atoms with Gasteiger partial charge < -0.3 is 9.47 Å². The van der Waals surface area contributed by atoms with Crippen LogP contribution in [-0.4, -0.2) is 5.78 Å². The predicted octanol–water partition coefficient (Wildman–Crippen LogP) is 7.91. The summed E-state index contributed by atoms with van der Waals surface area (Å²) in [6, 6.07) is 10.8. The molecule has 0 saturated carbocycles. The lowest BCUT2D eigenvalue weighted by atomic mass is 9.94. The molecule has 0 amide bonds. The van der Waals surface area contributed by atoms with Crippen molar-refractivity contribution in [3.05, 3.63) is 129 Å². The van der Waals surface area contributed by atoms with E-state index in [0.717, 1.165) is 29.8 Å². The summed E-state index contributed by atoms with van der Waals surface area (Å²) >= 11 is 0. The van der Waals surface area contributed by atoms with E-state index in [1.54, 1.807) is 19.1 Å². The maximum Gasteiger partial charge on any atom is 0.416 e. The number of carbonyl (C=O) groups is 1. The molecule has 0 heterocycles. The summed E-state index contributed by atoms with van der Waals surface area (Å²) in [5.74, 6) is -10.4. The molecule has 4 rings (SSSR count). The van der Waals surface area contributed by atoms with Gasteiger partial charge in [-0.05, 0) is 49.4 Å². The Morgan fingerprint density at radius 1 is 0.829 bits per heavy atom. The Morgan fingerprint density at radius 2 is 1.34 bits per heavy atom. The summed E-state index contributed by atoms with van der Waals surface area (Å²) in [5.41, 5.74) is -4.94. The molecule has 0 saturated heterocycles. The van der Waals surface area contributed by atoms with E-state index < -0.39 is 74.7 Å². The van der Waals surface area contributed by atoms with E-state index in [-0.39, 0.29) is 11.5 Å². The van der Waals surface area contributed by atoms with Crippen LogP contribution in [0.25, 0.3) is 10.4 Å². The molecule has 12 heteroatoms. The number of ketones is 1. The van der Waals surface area contributed by atoms with Crippen LogP contribution < -0.4 is 9.47 Å². The molecule has 206 valence electrons. The molecule has 0 N–H and O–H groups in total. The van der Waals surface area contributed by atoms with Crippen molar-refractivity contribution in [2.24, 2.45) is 0 Å². The normalized spacial score (nSPS) is 14.4. The third-order valence-corrected chi connectivity index (χ3v) is 5.69. The SMILES string of the molecule is [C-]#[N+]c1c(F)c(F)c(/C(C#N)=C2\C=C(Oc3ccc(C)cc3)C(=O)C=C2Oc2ccc(C(F)(F)F)cc2)c(F)c1F. The van der Waals surface area contributed by atoms with E-state index in [1.807, 2.05) is 0 Å². The number of nitriles is 1. The standard InChI is InChI=1S/C29H13F7N2O3/c1-14-3-7-16(8-4-14)41-22-11-18(19(13-37)23-24(30)26(32)28(38-2)27(33)25(23)31)21(12-20(22)39)40-17-9-5-15(6-10-17)29(34,35)36/h3-12H,1H3/b19-18+. The van der Waals surface area contributed by atoms with E-state index in [1.165, 1.54) is 18.2 Å². The number of hydrogen-bond donors (Lipinski definition) is 0. The predicted molar refractivity (Wildman–Crippen MR) is 130 cm³/mol. The zero-order valence-corrected chi connectivity index (χ0v) is 20.5. The number of aryl methyl sites for hydroxylation is 1. The van der Waals surface area contributed by atoms with Crippen molar-refractivity contribution in [2.45, 2.75) is 13.1 Å². The quantitative estimate of drug-likeness (QED) is 0.135. The Hall–Kier alpha value is -5.36. The molecule has 5 nitrogen and oxygen atoms in total. The van der Waals surface area contributed by atoms with Crippen molar-refractivity contribution in [1.82, 2.24) is 0 Å². The summed E-state index contributed by atoms with van der Waals surface area (Å²) < 4.78 is 109. The molecule has 0 aliphatic heterocycles. The van der Waals surface area contributed by atoms with Gasteiger partial charge in [0.1, 0.15) is 23.3 Å². The molecule has 0 fully saturated rings. The second-order valence-electron chi connectivity index (χ2n) is 8.41. The molecule has 0 bridgehead atoms. The van der Waals surface area contributed by atoms with Crippen LogP contribution in [-0.2, 0) is 11.0 Å². The number of carbonyl (C=O) groups excluding carboxylic acids is 1. The third kappa shape index (κ3) is 5.68. The molecule has 0 spiro atoms. The van der Waals surface area contributed by atoms with Gasteiger partial charge >= 0.3 is 6.18 Å². The molecule has 3 aromatic carbocycles. The summed E-state index contributed by atoms with van der Waals surface area (Å²) in [6.45, 7) is 8.57. The molecule has 0 radical (unpaired) electrons. The molecular weight excluding hydrogens is 557 g/mol. The van der Waals surface area contributed by atoms with Crippen LogP contribution >= 0.6 is 0 Å². The molecular formula is C29H13F7N2O3. The minimum absolute atomic E-state index is 0.143. The Morgan fingerprint density at radius 3 is 1.83 bits per heavy atom. The maximum atomic E-state index is 15.0. The van der Waals surface area contributed by atoms with Crippen LogP contribution in [0.4, 0.5) is 36.4 Å². The average molecular weight is 570 g/mol. The van der Waals surface area contributed by atoms with Gasteiger partial charge in [-0.2, -0.15) is 18.4 Å². The number of rotatable bonds is 5. The number of hydrogen-bond acceptors (Lipinski definition) is 4. The summed E-state index contributed by atoms with van der Waals surface area (Å²) in [5, 5.41) is 9.86. The molecule has 41 heavy (non-hydrogen) atoms. The van der Waals surface area contributed by atoms with Crippen LogP contribution in [0.1, 0.15) is 16.7 Å². The first-order valence-electron chi connectivity index (χ1n) is 11.3. The molecule has 1 aliphatic carbocycles. The van der Waals surface area contributed by atoms with Crippen LogP contribution in [0.3, 0.4) is 0 Å². The van der Waals surface area contributed by atoms with E-state index in [0.29, 0.717) is 12.1 Å². The molecule has 0 aromatic heterocycles. The van der Waals surface area contributed by atoms with E-state index in [9.17, 15) is 40.8 Å². The fourth-order valence-corrected chi connectivity index (χ4v) is 3.66. The van der Waals surface area contributed by atoms with Gasteiger partial charge in [-0.1, -0.05) is 17.7 Å². The van der Waals surface area contributed by atoms with E-state index >= 15 is 0 Å². The zero-order valence-electron chi connectivity index (χ0n) is 20.5. The minimum atomic E-state index is -4.68. The fourth-order valence-electron chi connectivity index (χ4n) is 3.66. The van der Waals surface area contributed by atoms with Crippen molar-refractivity contribution < 1.29 is 45.0 Å². The van der Waals surface area contributed by atoms with Crippen LogP contribution in [0.15, 0.2) is 77.8 Å². The molecule has 0 atom stereocenters. The fraction of sp³-hybridized carbons (Fsp3) is 0.0690. The number of halogens is 7. The van der Waals surface area contributed by atoms with E-state index in [4.69, 9.17) is 16.0 Å². The van der Waals surface area contributed by atoms with Crippen molar-refractivity contribution in [3.8, 4) is 17.6 Å². The first-order valence-corrected chi connectivity index (χ1v) is 11.3. The van der Waals surface area contributed by atoms with E-state index in [2.05, 4.69) is 4.85 Å². The van der Waals surface area contributed by atoms with Crippen molar-refractivity contribution in [2.75, 3.05) is 0 Å². The second-order valence-corrected chi connectivity index (χ2v) is 8.41. The Kier molecular flexibility index (Phi) is 7.70. The van der Waals surface area contributed by atoms with Gasteiger partial charge in [0.15, 0.2) is 29.0 Å². The second kappa shape index (κ2) is 11.0. The molecule has 1 aliphatic rings. The maximum absolute atomic E-state index is 15.0. The topological polar surface area (TPSA) is 63.7 Å². The van der Waals surface area contributed by atoms with Gasteiger partial charge in [0.2, 0.25) is 5.78 Å². The number of benzene rings is 3. The lowest BCUT2D eigenvalue weighted by Crippen LogP contribution is -2.16. The first kappa shape index (κ1) is 28.6. The Labute approximate surface area is 227 Å². The van der Waals surface area contributed by atoms with Gasteiger partial charge in [0.25, 0.3) is 5.69 Å². The van der Waals surface area contributed by atoms with Gasteiger partial charge in [-0.25, -0.2) is 22.4 Å². The first-order chi connectivity index (χ1) is 19.3. The minimum Gasteiger partial charge on any atom is -0.457 e. The highest BCUT2D eigenvalue weighted by molar-refractivity contribution is 6.07. The Bertz CT molecular complexity index is 1710. The lowest BCUT2D eigenvalue weighted by Gasteiger charge is -2.20. The van der Waals surface area contributed by atoms with Crippen LogP contribution in [0, 0.1) is 48.1 Å². The van der Waals surface area contributed by atoms with Gasteiger partial charge in [0.05, 0.1) is 23.3 Å². The zero-order chi connectivity index (χ0) is 30.1. The van der Waals surface area contributed by atoms with Crippen molar-refractivity contribution in [3.63, 3.8) is 0 Å². The largest absolute Gasteiger partial charge is 0.457 e. The summed E-state index contributed by atoms with van der Waals surface area (Å²) in [4.78, 5) is 15.3. The molecule has 0 unspecified atom stereocenters. The Balaban J connectivity index is 1.91. The van der Waals surface area contributed by atoms with Gasteiger partial charge in [-0.15, -0.1) is 0 Å². The molecule has 3 aromatic rings. The highest BCUT2D eigenvalue weighted by atomic mass is 19.4.